The first-order chi connectivity index (χ1) is 11.2. The van der Waals surface area contributed by atoms with Gasteiger partial charge in [-0.1, -0.05) is 20.3 Å². The molecular formula is C19H32N2OS. The fourth-order valence-electron chi connectivity index (χ4n) is 3.78. The Morgan fingerprint density at radius 3 is 2.70 bits per heavy atom. The van der Waals surface area contributed by atoms with Crippen LogP contribution in [0.25, 0.3) is 0 Å². The van der Waals surface area contributed by atoms with Crippen LogP contribution in [0.4, 0.5) is 0 Å². The number of hydrogen-bond donors (Lipinski definition) is 0. The van der Waals surface area contributed by atoms with Crippen LogP contribution in [-0.4, -0.2) is 55.2 Å². The SMILES string of the molecule is CC(C)Cc1ccc(CN2CCCCC2CN2CCOCC2)s1. The van der Waals surface area contributed by atoms with E-state index in [-0.39, 0.29) is 0 Å². The predicted molar refractivity (Wildman–Crippen MR) is 98.2 cm³/mol. The molecule has 1 aromatic heterocycles. The molecule has 23 heavy (non-hydrogen) atoms. The Hall–Kier alpha value is -0.420. The second-order valence-corrected chi connectivity index (χ2v) is 8.75. The summed E-state index contributed by atoms with van der Waals surface area (Å²) in [5.41, 5.74) is 0. The maximum Gasteiger partial charge on any atom is 0.0594 e. The summed E-state index contributed by atoms with van der Waals surface area (Å²) in [7, 11) is 0. The average Bonchev–Trinajstić information content (AvgIpc) is 2.96. The van der Waals surface area contributed by atoms with E-state index in [0.29, 0.717) is 0 Å². The molecule has 0 aliphatic carbocycles. The third kappa shape index (κ3) is 5.28. The highest BCUT2D eigenvalue weighted by Crippen LogP contribution is 2.25. The van der Waals surface area contributed by atoms with E-state index in [4.69, 9.17) is 4.74 Å². The third-order valence-electron chi connectivity index (χ3n) is 5.01. The van der Waals surface area contributed by atoms with E-state index >= 15 is 0 Å². The molecule has 0 N–H and O–H groups in total. The highest BCUT2D eigenvalue weighted by atomic mass is 32.1. The molecule has 1 atom stereocenters. The fraction of sp³-hybridized carbons (Fsp3) is 0.789. The highest BCUT2D eigenvalue weighted by Gasteiger charge is 2.25. The van der Waals surface area contributed by atoms with Crippen LogP contribution in [-0.2, 0) is 17.7 Å². The van der Waals surface area contributed by atoms with Gasteiger partial charge in [0.1, 0.15) is 0 Å². The van der Waals surface area contributed by atoms with Crippen LogP contribution in [0.15, 0.2) is 12.1 Å². The Bertz CT molecular complexity index is 468. The second-order valence-electron chi connectivity index (χ2n) is 7.50. The maximum absolute atomic E-state index is 5.49. The molecule has 0 amide bonds. The largest absolute Gasteiger partial charge is 0.379 e. The van der Waals surface area contributed by atoms with E-state index < -0.39 is 0 Å². The van der Waals surface area contributed by atoms with Crippen LogP contribution in [0, 0.1) is 5.92 Å². The minimum atomic E-state index is 0.734. The van der Waals surface area contributed by atoms with Gasteiger partial charge in [-0.3, -0.25) is 9.80 Å². The van der Waals surface area contributed by atoms with E-state index in [1.54, 1.807) is 9.75 Å². The molecule has 2 aliphatic heterocycles. The Morgan fingerprint density at radius 2 is 1.91 bits per heavy atom. The zero-order chi connectivity index (χ0) is 16.1. The van der Waals surface area contributed by atoms with Crippen molar-refractivity contribution in [2.75, 3.05) is 39.4 Å². The molecule has 0 bridgehead atoms. The van der Waals surface area contributed by atoms with Gasteiger partial charge in [0.15, 0.2) is 0 Å². The summed E-state index contributed by atoms with van der Waals surface area (Å²) in [5.74, 6) is 0.755. The predicted octanol–water partition coefficient (Wildman–Crippen LogP) is 3.63. The number of piperidine rings is 1. The molecule has 0 aromatic carbocycles. The van der Waals surface area contributed by atoms with Crippen molar-refractivity contribution in [1.82, 2.24) is 9.80 Å². The van der Waals surface area contributed by atoms with Crippen LogP contribution >= 0.6 is 11.3 Å². The van der Waals surface area contributed by atoms with Crippen molar-refractivity contribution >= 4 is 11.3 Å². The van der Waals surface area contributed by atoms with Gasteiger partial charge in [-0.05, 0) is 43.9 Å². The molecule has 0 spiro atoms. The van der Waals surface area contributed by atoms with Gasteiger partial charge in [-0.25, -0.2) is 0 Å². The van der Waals surface area contributed by atoms with Crippen molar-refractivity contribution < 1.29 is 4.74 Å². The quantitative estimate of drug-likeness (QED) is 0.789. The van der Waals surface area contributed by atoms with Gasteiger partial charge in [0.2, 0.25) is 0 Å². The molecular weight excluding hydrogens is 304 g/mol. The zero-order valence-corrected chi connectivity index (χ0v) is 15.6. The first-order valence-corrected chi connectivity index (χ1v) is 10.1. The summed E-state index contributed by atoms with van der Waals surface area (Å²) >= 11 is 2.03. The van der Waals surface area contributed by atoms with Crippen LogP contribution in [0.2, 0.25) is 0 Å². The molecule has 0 radical (unpaired) electrons. The van der Waals surface area contributed by atoms with E-state index in [0.717, 1.165) is 44.8 Å². The number of hydrogen-bond acceptors (Lipinski definition) is 4. The minimum absolute atomic E-state index is 0.734. The highest BCUT2D eigenvalue weighted by molar-refractivity contribution is 7.11. The lowest BCUT2D eigenvalue weighted by Crippen LogP contribution is -2.48. The first-order valence-electron chi connectivity index (χ1n) is 9.32. The minimum Gasteiger partial charge on any atom is -0.379 e. The standard InChI is InChI=1S/C19H32N2OS/c1-16(2)13-18-6-7-19(23-18)15-21-8-4-3-5-17(21)14-20-9-11-22-12-10-20/h6-7,16-17H,3-5,8-15H2,1-2H3. The van der Waals surface area contributed by atoms with Gasteiger partial charge in [-0.15, -0.1) is 11.3 Å². The van der Waals surface area contributed by atoms with Crippen molar-refractivity contribution in [3.05, 3.63) is 21.9 Å². The third-order valence-corrected chi connectivity index (χ3v) is 6.10. The van der Waals surface area contributed by atoms with E-state index in [1.807, 2.05) is 11.3 Å². The number of rotatable bonds is 6. The molecule has 3 nitrogen and oxygen atoms in total. The van der Waals surface area contributed by atoms with Gasteiger partial charge in [0.05, 0.1) is 13.2 Å². The van der Waals surface area contributed by atoms with Gasteiger partial charge in [0, 0.05) is 42.0 Å². The number of thiophene rings is 1. The summed E-state index contributed by atoms with van der Waals surface area (Å²) in [4.78, 5) is 8.45. The molecule has 2 fully saturated rings. The number of nitrogens with zero attached hydrogens (tertiary/aromatic N) is 2. The Kier molecular flexibility index (Phi) is 6.52. The van der Waals surface area contributed by atoms with Crippen LogP contribution in [0.1, 0.15) is 42.9 Å². The lowest BCUT2D eigenvalue weighted by atomic mass is 10.0. The molecule has 2 aliphatic rings. The summed E-state index contributed by atoms with van der Waals surface area (Å²) in [5, 5.41) is 0. The van der Waals surface area contributed by atoms with Crippen LogP contribution < -0.4 is 0 Å². The zero-order valence-electron chi connectivity index (χ0n) is 14.8. The summed E-state index contributed by atoms with van der Waals surface area (Å²) in [6.45, 7) is 12.3. The number of ether oxygens (including phenoxy) is 1. The van der Waals surface area contributed by atoms with Crippen molar-refractivity contribution in [3.8, 4) is 0 Å². The topological polar surface area (TPSA) is 15.7 Å². The van der Waals surface area contributed by atoms with Crippen LogP contribution in [0.5, 0.6) is 0 Å². The van der Waals surface area contributed by atoms with E-state index in [9.17, 15) is 0 Å². The Balaban J connectivity index is 1.56. The smallest absolute Gasteiger partial charge is 0.0594 e. The molecule has 0 saturated carbocycles. The molecule has 1 aromatic rings. The molecule has 130 valence electrons. The van der Waals surface area contributed by atoms with E-state index in [2.05, 4.69) is 35.8 Å². The second kappa shape index (κ2) is 8.61. The van der Waals surface area contributed by atoms with Crippen molar-refractivity contribution in [2.24, 2.45) is 5.92 Å². The van der Waals surface area contributed by atoms with E-state index in [1.165, 1.54) is 38.8 Å². The monoisotopic (exact) mass is 336 g/mol. The summed E-state index contributed by atoms with van der Waals surface area (Å²) < 4.78 is 5.49. The normalized spacial score (nSPS) is 24.4. The Morgan fingerprint density at radius 1 is 1.13 bits per heavy atom. The molecule has 3 rings (SSSR count). The molecule has 1 unspecified atom stereocenters. The molecule has 3 heterocycles. The average molecular weight is 337 g/mol. The molecule has 2 saturated heterocycles. The van der Waals surface area contributed by atoms with Crippen molar-refractivity contribution in [2.45, 2.75) is 52.1 Å². The lowest BCUT2D eigenvalue weighted by molar-refractivity contribution is 0.0155. The number of likely N-dealkylation sites (tertiary alicyclic amines) is 1. The van der Waals surface area contributed by atoms with Crippen molar-refractivity contribution in [1.29, 1.82) is 0 Å². The van der Waals surface area contributed by atoms with Gasteiger partial charge >= 0.3 is 0 Å². The fourth-order valence-corrected chi connectivity index (χ4v) is 5.03. The van der Waals surface area contributed by atoms with Crippen molar-refractivity contribution in [3.63, 3.8) is 0 Å². The Labute approximate surface area is 145 Å². The van der Waals surface area contributed by atoms with Gasteiger partial charge < -0.3 is 4.74 Å². The van der Waals surface area contributed by atoms with Crippen LogP contribution in [0.3, 0.4) is 0 Å². The lowest BCUT2D eigenvalue weighted by Gasteiger charge is -2.39. The molecule has 4 heteroatoms. The number of morpholine rings is 1. The summed E-state index contributed by atoms with van der Waals surface area (Å²) in [6, 6.07) is 5.45. The maximum atomic E-state index is 5.49. The van der Waals surface area contributed by atoms with Gasteiger partial charge in [0.25, 0.3) is 0 Å². The van der Waals surface area contributed by atoms with Gasteiger partial charge in [-0.2, -0.15) is 0 Å². The first kappa shape index (κ1) is 17.4. The summed E-state index contributed by atoms with van der Waals surface area (Å²) in [6.07, 6.45) is 5.35.